The lowest BCUT2D eigenvalue weighted by Gasteiger charge is -2.12. The van der Waals surface area contributed by atoms with E-state index in [1.54, 1.807) is 6.92 Å². The van der Waals surface area contributed by atoms with E-state index < -0.39 is 6.10 Å². The summed E-state index contributed by atoms with van der Waals surface area (Å²) in [5.74, 6) is 0.855. The van der Waals surface area contributed by atoms with E-state index in [-0.39, 0.29) is 12.5 Å². The molecule has 1 aromatic rings. The highest BCUT2D eigenvalue weighted by atomic mass is 16.5. The number of hydrogen-bond acceptors (Lipinski definition) is 3. The van der Waals surface area contributed by atoms with Gasteiger partial charge in [0.05, 0.1) is 12.7 Å². The Balaban J connectivity index is 2.58. The number of rotatable bonds is 5. The Kier molecular flexibility index (Phi) is 4.59. The molecule has 1 rings (SSSR count). The lowest BCUT2D eigenvalue weighted by atomic mass is 10.1. The van der Waals surface area contributed by atoms with Gasteiger partial charge in [0, 0.05) is 12.5 Å². The topological polar surface area (TPSA) is 49.7 Å². The van der Waals surface area contributed by atoms with Crippen molar-refractivity contribution in [2.45, 2.75) is 20.0 Å². The third-order valence-electron chi connectivity index (χ3n) is 2.19. The SMILES string of the molecule is CC(CO)COc1cccc([C@H](C)O)c1. The largest absolute Gasteiger partial charge is 0.493 e. The van der Waals surface area contributed by atoms with E-state index in [4.69, 9.17) is 9.84 Å². The van der Waals surface area contributed by atoms with Crippen LogP contribution in [-0.4, -0.2) is 23.4 Å². The van der Waals surface area contributed by atoms with E-state index in [0.29, 0.717) is 6.61 Å². The first-order valence-electron chi connectivity index (χ1n) is 5.15. The van der Waals surface area contributed by atoms with Crippen molar-refractivity contribution in [3.63, 3.8) is 0 Å². The fraction of sp³-hybridized carbons (Fsp3) is 0.500. The maximum absolute atomic E-state index is 9.38. The molecular formula is C12H18O3. The molecule has 2 N–H and O–H groups in total. The standard InChI is InChI=1S/C12H18O3/c1-9(7-13)8-15-12-5-3-4-11(6-12)10(2)14/h3-6,9-10,13-14H,7-8H2,1-2H3/t9?,10-/m0/s1. The van der Waals surface area contributed by atoms with Gasteiger partial charge in [-0.15, -0.1) is 0 Å². The molecule has 1 unspecified atom stereocenters. The van der Waals surface area contributed by atoms with Gasteiger partial charge in [0.1, 0.15) is 5.75 Å². The van der Waals surface area contributed by atoms with Gasteiger partial charge in [0.25, 0.3) is 0 Å². The zero-order valence-electron chi connectivity index (χ0n) is 9.18. The molecule has 0 saturated heterocycles. The minimum atomic E-state index is -0.483. The maximum atomic E-state index is 9.38. The van der Waals surface area contributed by atoms with Crippen LogP contribution < -0.4 is 4.74 Å². The molecule has 3 heteroatoms. The summed E-state index contributed by atoms with van der Waals surface area (Å²) in [4.78, 5) is 0. The second-order valence-electron chi connectivity index (χ2n) is 3.85. The fourth-order valence-corrected chi connectivity index (χ4v) is 1.16. The van der Waals surface area contributed by atoms with E-state index in [1.807, 2.05) is 31.2 Å². The number of benzene rings is 1. The van der Waals surface area contributed by atoms with Gasteiger partial charge in [-0.25, -0.2) is 0 Å². The van der Waals surface area contributed by atoms with E-state index in [2.05, 4.69) is 0 Å². The van der Waals surface area contributed by atoms with E-state index in [9.17, 15) is 5.11 Å². The van der Waals surface area contributed by atoms with Crippen molar-refractivity contribution in [2.75, 3.05) is 13.2 Å². The van der Waals surface area contributed by atoms with Crippen molar-refractivity contribution >= 4 is 0 Å². The highest BCUT2D eigenvalue weighted by molar-refractivity contribution is 5.29. The van der Waals surface area contributed by atoms with Gasteiger partial charge < -0.3 is 14.9 Å². The maximum Gasteiger partial charge on any atom is 0.119 e. The summed E-state index contributed by atoms with van der Waals surface area (Å²) in [6.45, 7) is 4.24. The van der Waals surface area contributed by atoms with Gasteiger partial charge >= 0.3 is 0 Å². The summed E-state index contributed by atoms with van der Waals surface area (Å²) in [5, 5.41) is 18.2. The molecule has 0 aliphatic heterocycles. The van der Waals surface area contributed by atoms with Crippen molar-refractivity contribution in [3.8, 4) is 5.75 Å². The number of hydrogen-bond donors (Lipinski definition) is 2. The third kappa shape index (κ3) is 3.90. The fourth-order valence-electron chi connectivity index (χ4n) is 1.16. The Morgan fingerprint density at radius 1 is 1.33 bits per heavy atom. The molecular weight excluding hydrogens is 192 g/mol. The number of aliphatic hydroxyl groups is 2. The summed E-state index contributed by atoms with van der Waals surface area (Å²) in [6.07, 6.45) is -0.483. The predicted molar refractivity (Wildman–Crippen MR) is 58.8 cm³/mol. The monoisotopic (exact) mass is 210 g/mol. The molecule has 0 aromatic heterocycles. The van der Waals surface area contributed by atoms with Gasteiger partial charge in [0.15, 0.2) is 0 Å². The molecule has 0 aliphatic carbocycles. The smallest absolute Gasteiger partial charge is 0.119 e. The van der Waals surface area contributed by atoms with E-state index >= 15 is 0 Å². The molecule has 0 heterocycles. The van der Waals surface area contributed by atoms with Crippen LogP contribution in [-0.2, 0) is 0 Å². The Morgan fingerprint density at radius 2 is 2.07 bits per heavy atom. The van der Waals surface area contributed by atoms with Crippen LogP contribution in [0.3, 0.4) is 0 Å². The minimum absolute atomic E-state index is 0.121. The summed E-state index contributed by atoms with van der Waals surface area (Å²) in [5.41, 5.74) is 0.837. The molecule has 84 valence electrons. The summed E-state index contributed by atoms with van der Waals surface area (Å²) < 4.78 is 5.48. The highest BCUT2D eigenvalue weighted by Gasteiger charge is 2.04. The van der Waals surface area contributed by atoms with Crippen molar-refractivity contribution in [2.24, 2.45) is 5.92 Å². The lowest BCUT2D eigenvalue weighted by Crippen LogP contribution is -2.12. The zero-order chi connectivity index (χ0) is 11.3. The van der Waals surface area contributed by atoms with Crippen LogP contribution in [0.15, 0.2) is 24.3 Å². The minimum Gasteiger partial charge on any atom is -0.493 e. The van der Waals surface area contributed by atoms with Gasteiger partial charge in [-0.1, -0.05) is 19.1 Å². The first-order chi connectivity index (χ1) is 7.13. The van der Waals surface area contributed by atoms with Crippen LogP contribution in [0.25, 0.3) is 0 Å². The Morgan fingerprint density at radius 3 is 2.67 bits per heavy atom. The highest BCUT2D eigenvalue weighted by Crippen LogP contribution is 2.19. The normalized spacial score (nSPS) is 14.7. The summed E-state index contributed by atoms with van der Waals surface area (Å²) >= 11 is 0. The molecule has 3 nitrogen and oxygen atoms in total. The van der Waals surface area contributed by atoms with Gasteiger partial charge in [-0.2, -0.15) is 0 Å². The number of aliphatic hydroxyl groups excluding tert-OH is 2. The zero-order valence-corrected chi connectivity index (χ0v) is 9.18. The van der Waals surface area contributed by atoms with Crippen LogP contribution >= 0.6 is 0 Å². The van der Waals surface area contributed by atoms with Crippen LogP contribution in [0.5, 0.6) is 5.75 Å². The molecule has 0 radical (unpaired) electrons. The van der Waals surface area contributed by atoms with Crippen molar-refractivity contribution in [1.82, 2.24) is 0 Å². The molecule has 0 spiro atoms. The first kappa shape index (κ1) is 12.0. The number of ether oxygens (including phenoxy) is 1. The van der Waals surface area contributed by atoms with Crippen molar-refractivity contribution in [1.29, 1.82) is 0 Å². The Bertz CT molecular complexity index is 297. The molecule has 0 amide bonds. The quantitative estimate of drug-likeness (QED) is 0.778. The summed E-state index contributed by atoms with van der Waals surface area (Å²) in [6, 6.07) is 7.36. The molecule has 1 aromatic carbocycles. The third-order valence-corrected chi connectivity index (χ3v) is 2.19. The average Bonchev–Trinajstić information content (AvgIpc) is 2.26. The Labute approximate surface area is 90.3 Å². The molecule has 0 fully saturated rings. The second-order valence-corrected chi connectivity index (χ2v) is 3.85. The molecule has 0 bridgehead atoms. The molecule has 0 aliphatic rings. The van der Waals surface area contributed by atoms with Crippen molar-refractivity contribution in [3.05, 3.63) is 29.8 Å². The molecule has 2 atom stereocenters. The van der Waals surface area contributed by atoms with Gasteiger partial charge in [-0.05, 0) is 24.6 Å². The second kappa shape index (κ2) is 5.73. The predicted octanol–water partition coefficient (Wildman–Crippen LogP) is 1.75. The first-order valence-corrected chi connectivity index (χ1v) is 5.15. The van der Waals surface area contributed by atoms with Crippen LogP contribution in [0.1, 0.15) is 25.5 Å². The Hall–Kier alpha value is -1.06. The van der Waals surface area contributed by atoms with Crippen molar-refractivity contribution < 1.29 is 14.9 Å². The van der Waals surface area contributed by atoms with Crippen LogP contribution in [0, 0.1) is 5.92 Å². The van der Waals surface area contributed by atoms with E-state index in [0.717, 1.165) is 11.3 Å². The van der Waals surface area contributed by atoms with Crippen LogP contribution in [0.4, 0.5) is 0 Å². The average molecular weight is 210 g/mol. The molecule has 0 saturated carbocycles. The van der Waals surface area contributed by atoms with Gasteiger partial charge in [0.2, 0.25) is 0 Å². The van der Waals surface area contributed by atoms with E-state index in [1.165, 1.54) is 0 Å². The van der Waals surface area contributed by atoms with Gasteiger partial charge in [-0.3, -0.25) is 0 Å². The molecule has 15 heavy (non-hydrogen) atoms. The van der Waals surface area contributed by atoms with Crippen LogP contribution in [0.2, 0.25) is 0 Å². The lowest BCUT2D eigenvalue weighted by molar-refractivity contribution is 0.173. The summed E-state index contributed by atoms with van der Waals surface area (Å²) in [7, 11) is 0.